The average molecular weight is 558 g/mol. The number of hydrogen-bond acceptors (Lipinski definition) is 6. The Hall–Kier alpha value is -3.55. The first-order valence-electron chi connectivity index (χ1n) is 13.6. The van der Waals surface area contributed by atoms with Gasteiger partial charge in [-0.2, -0.15) is 9.57 Å². The molecule has 1 heterocycles. The lowest BCUT2D eigenvalue weighted by Gasteiger charge is -2.33. The van der Waals surface area contributed by atoms with Crippen LogP contribution in [-0.4, -0.2) is 68.8 Å². The summed E-state index contributed by atoms with van der Waals surface area (Å²) in [4.78, 5) is 15.4. The summed E-state index contributed by atoms with van der Waals surface area (Å²) >= 11 is 0. The summed E-state index contributed by atoms with van der Waals surface area (Å²) in [6, 6.07) is 24.8. The zero-order valence-corrected chi connectivity index (χ0v) is 23.5. The largest absolute Gasteiger partial charge is 0.353 e. The van der Waals surface area contributed by atoms with Crippen molar-refractivity contribution in [1.29, 1.82) is 5.26 Å². The molecule has 1 amide bonds. The first-order chi connectivity index (χ1) is 19.2. The molecule has 0 saturated carbocycles. The second-order valence-corrected chi connectivity index (χ2v) is 12.8. The number of nitrogens with zero attached hydrogens (tertiary/aromatic N) is 3. The number of carbonyl (C=O) groups excluding carboxylic acids is 1. The Bertz CT molecular complexity index is 1510. The van der Waals surface area contributed by atoms with Gasteiger partial charge in [-0.05, 0) is 66.3 Å². The summed E-state index contributed by atoms with van der Waals surface area (Å²) in [6.45, 7) is 2.59. The van der Waals surface area contributed by atoms with E-state index in [9.17, 15) is 18.5 Å². The van der Waals surface area contributed by atoms with Gasteiger partial charge < -0.3 is 16.0 Å². The van der Waals surface area contributed by atoms with Crippen molar-refractivity contribution in [1.82, 2.24) is 14.5 Å². The number of piperazine rings is 1. The van der Waals surface area contributed by atoms with E-state index in [4.69, 9.17) is 5.73 Å². The minimum atomic E-state index is -3.52. The third-order valence-corrected chi connectivity index (χ3v) is 10.1. The number of likely N-dealkylation sites (N-methyl/N-ethyl adjacent to an activating group) is 1. The van der Waals surface area contributed by atoms with Crippen LogP contribution < -0.4 is 11.1 Å². The van der Waals surface area contributed by atoms with Gasteiger partial charge in [0, 0.05) is 32.7 Å². The lowest BCUT2D eigenvalue weighted by molar-refractivity contribution is -0.126. The Kier molecular flexibility index (Phi) is 8.06. The lowest BCUT2D eigenvalue weighted by Crippen LogP contribution is -2.57. The Balaban J connectivity index is 1.21. The molecule has 3 aromatic carbocycles. The molecule has 1 fully saturated rings. The van der Waals surface area contributed by atoms with Crippen molar-refractivity contribution in [2.45, 2.75) is 35.6 Å². The van der Waals surface area contributed by atoms with Gasteiger partial charge in [0.1, 0.15) is 0 Å². The van der Waals surface area contributed by atoms with E-state index >= 15 is 0 Å². The number of rotatable bonds is 7. The van der Waals surface area contributed by atoms with E-state index in [-0.39, 0.29) is 17.3 Å². The van der Waals surface area contributed by atoms with Crippen LogP contribution in [-0.2, 0) is 27.7 Å². The number of nitriles is 1. The topological polar surface area (TPSA) is 120 Å². The normalized spacial score (nSPS) is 20.7. The Morgan fingerprint density at radius 2 is 1.57 bits per heavy atom. The van der Waals surface area contributed by atoms with Gasteiger partial charge in [-0.3, -0.25) is 4.79 Å². The number of fused-ring (bicyclic) bond motifs is 1. The van der Waals surface area contributed by atoms with E-state index in [2.05, 4.69) is 22.4 Å². The monoisotopic (exact) mass is 557 g/mol. The maximum atomic E-state index is 13.0. The van der Waals surface area contributed by atoms with E-state index in [0.717, 1.165) is 41.8 Å². The Morgan fingerprint density at radius 3 is 2.20 bits per heavy atom. The third kappa shape index (κ3) is 5.81. The number of benzene rings is 3. The molecule has 1 aliphatic carbocycles. The number of carbonyl (C=O) groups is 1. The van der Waals surface area contributed by atoms with E-state index < -0.39 is 21.5 Å². The molecule has 3 N–H and O–H groups in total. The van der Waals surface area contributed by atoms with Gasteiger partial charge in [-0.25, -0.2) is 8.42 Å². The predicted octanol–water partition coefficient (Wildman–Crippen LogP) is 2.90. The maximum Gasteiger partial charge on any atom is 0.243 e. The molecular formula is C31H35N5O3S. The summed E-state index contributed by atoms with van der Waals surface area (Å²) in [5.74, 6) is -0.751. The standard InChI is InChI=1S/C31H35N5O3S/c1-35-16-18-36(19-17-35)40(38,39)29-12-10-25(11-13-29)24-6-8-26(9-7-24)28(21-32)22-34-30(37)31(33)15-14-23-4-2-3-5-27(23)20-31/h2-13,28H,14-20,22,33H2,1H3,(H,34,37)/t28-,31-/m0/s1. The fourth-order valence-corrected chi connectivity index (χ4v) is 6.89. The van der Waals surface area contributed by atoms with Crippen molar-refractivity contribution in [2.24, 2.45) is 5.73 Å². The minimum Gasteiger partial charge on any atom is -0.353 e. The average Bonchev–Trinajstić information content (AvgIpc) is 2.98. The highest BCUT2D eigenvalue weighted by Gasteiger charge is 2.37. The first kappa shape index (κ1) is 28.0. The van der Waals surface area contributed by atoms with E-state index in [1.807, 2.05) is 61.6 Å². The van der Waals surface area contributed by atoms with Crippen molar-refractivity contribution >= 4 is 15.9 Å². The second kappa shape index (κ2) is 11.5. The number of nitrogens with two attached hydrogens (primary N) is 1. The van der Waals surface area contributed by atoms with E-state index in [1.165, 1.54) is 9.87 Å². The number of aryl methyl sites for hydroxylation is 1. The van der Waals surface area contributed by atoms with Crippen molar-refractivity contribution in [2.75, 3.05) is 39.8 Å². The van der Waals surface area contributed by atoms with Gasteiger partial charge in [0.25, 0.3) is 0 Å². The zero-order chi connectivity index (χ0) is 28.3. The molecule has 3 aromatic rings. The summed E-state index contributed by atoms with van der Waals surface area (Å²) in [5.41, 5.74) is 10.5. The van der Waals surface area contributed by atoms with Crippen molar-refractivity contribution in [3.05, 3.63) is 89.5 Å². The Labute approximate surface area is 236 Å². The Morgan fingerprint density at radius 1 is 0.975 bits per heavy atom. The van der Waals surface area contributed by atoms with Crippen LogP contribution in [0.25, 0.3) is 11.1 Å². The highest BCUT2D eigenvalue weighted by molar-refractivity contribution is 7.89. The van der Waals surface area contributed by atoms with Crippen LogP contribution in [0.2, 0.25) is 0 Å². The van der Waals surface area contributed by atoms with E-state index in [1.54, 1.807) is 12.1 Å². The summed E-state index contributed by atoms with van der Waals surface area (Å²) < 4.78 is 27.6. The molecule has 0 bridgehead atoms. The highest BCUT2D eigenvalue weighted by atomic mass is 32.2. The molecule has 8 nitrogen and oxygen atoms in total. The molecule has 2 atom stereocenters. The molecule has 0 radical (unpaired) electrons. The number of amides is 1. The van der Waals surface area contributed by atoms with Crippen molar-refractivity contribution in [3.8, 4) is 17.2 Å². The van der Waals surface area contributed by atoms with Gasteiger partial charge in [0.15, 0.2) is 0 Å². The number of hydrogen-bond donors (Lipinski definition) is 2. The minimum absolute atomic E-state index is 0.175. The maximum absolute atomic E-state index is 13.0. The molecule has 40 heavy (non-hydrogen) atoms. The zero-order valence-electron chi connectivity index (χ0n) is 22.7. The summed E-state index contributed by atoms with van der Waals surface area (Å²) in [6.07, 6.45) is 1.81. The van der Waals surface area contributed by atoms with Crippen LogP contribution in [0.4, 0.5) is 0 Å². The molecule has 9 heteroatoms. The predicted molar refractivity (Wildman–Crippen MR) is 155 cm³/mol. The van der Waals surface area contributed by atoms with Crippen LogP contribution in [0.3, 0.4) is 0 Å². The smallest absolute Gasteiger partial charge is 0.243 e. The summed E-state index contributed by atoms with van der Waals surface area (Å²) in [5, 5.41) is 12.7. The van der Waals surface area contributed by atoms with Crippen LogP contribution in [0.15, 0.2) is 77.7 Å². The second-order valence-electron chi connectivity index (χ2n) is 10.8. The molecule has 1 saturated heterocycles. The van der Waals surface area contributed by atoms with E-state index in [0.29, 0.717) is 25.9 Å². The molecule has 0 aromatic heterocycles. The molecule has 0 spiro atoms. The van der Waals surface area contributed by atoms with Crippen LogP contribution in [0.5, 0.6) is 0 Å². The molecule has 208 valence electrons. The summed E-state index contributed by atoms with van der Waals surface area (Å²) in [7, 11) is -1.53. The quantitative estimate of drug-likeness (QED) is 0.461. The van der Waals surface area contributed by atoms with Crippen LogP contribution in [0.1, 0.15) is 29.0 Å². The molecule has 1 aliphatic heterocycles. The molecule has 5 rings (SSSR count). The van der Waals surface area contributed by atoms with Crippen LogP contribution in [0, 0.1) is 11.3 Å². The first-order valence-corrected chi connectivity index (χ1v) is 15.1. The van der Waals surface area contributed by atoms with Gasteiger partial charge in [-0.15, -0.1) is 0 Å². The van der Waals surface area contributed by atoms with Crippen LogP contribution >= 0.6 is 0 Å². The van der Waals surface area contributed by atoms with Gasteiger partial charge in [0.2, 0.25) is 15.9 Å². The van der Waals surface area contributed by atoms with Gasteiger partial charge >= 0.3 is 0 Å². The fourth-order valence-electron chi connectivity index (χ4n) is 5.47. The van der Waals surface area contributed by atoms with Gasteiger partial charge in [-0.1, -0.05) is 60.7 Å². The van der Waals surface area contributed by atoms with Gasteiger partial charge in [0.05, 0.1) is 22.4 Å². The number of sulfonamides is 1. The third-order valence-electron chi connectivity index (χ3n) is 8.14. The number of nitrogens with one attached hydrogen (secondary N) is 1. The molecular weight excluding hydrogens is 522 g/mol. The highest BCUT2D eigenvalue weighted by Crippen LogP contribution is 2.28. The molecule has 0 unspecified atom stereocenters. The SMILES string of the molecule is CN1CCN(S(=O)(=O)c2ccc(-c3ccc([C@@H](C#N)CNC(=O)[C@]4(N)CCc5ccccc5C4)cc3)cc2)CC1. The fraction of sp³-hybridized carbons (Fsp3) is 0.355. The lowest BCUT2D eigenvalue weighted by atomic mass is 9.78. The van der Waals surface area contributed by atoms with Crippen molar-refractivity contribution < 1.29 is 13.2 Å². The van der Waals surface area contributed by atoms with Crippen molar-refractivity contribution in [3.63, 3.8) is 0 Å². The molecule has 2 aliphatic rings.